The molecular weight excluding hydrogens is 170 g/mol. The van der Waals surface area contributed by atoms with Crippen molar-refractivity contribution in [3.8, 4) is 0 Å². The zero-order valence-corrected chi connectivity index (χ0v) is 9.97. The fraction of sp³-hybridized carbons (Fsp3) is 0.923. The van der Waals surface area contributed by atoms with Gasteiger partial charge < -0.3 is 0 Å². The van der Waals surface area contributed by atoms with Crippen LogP contribution in [0.3, 0.4) is 0 Å². The minimum absolute atomic E-state index is 0.713. The Bertz CT molecular complexity index is 136. The average Bonchev–Trinajstić information content (AvgIpc) is 2.19. The van der Waals surface area contributed by atoms with E-state index in [4.69, 9.17) is 0 Å². The van der Waals surface area contributed by atoms with E-state index in [1.165, 1.54) is 45.1 Å². The van der Waals surface area contributed by atoms with E-state index in [0.29, 0.717) is 6.04 Å². The predicted molar refractivity (Wildman–Crippen MR) is 63.3 cm³/mol. The molecular formula is C13H26N. The maximum atomic E-state index is 3.94. The molecule has 0 aliphatic heterocycles. The quantitative estimate of drug-likeness (QED) is 0.649. The van der Waals surface area contributed by atoms with Gasteiger partial charge in [-0.05, 0) is 39.7 Å². The minimum Gasteiger partial charge on any atom is -0.298 e. The highest BCUT2D eigenvalue weighted by atomic mass is 15.2. The molecule has 0 bridgehead atoms. The lowest BCUT2D eigenvalue weighted by molar-refractivity contribution is 0.119. The molecule has 1 heteroatoms. The van der Waals surface area contributed by atoms with Crippen molar-refractivity contribution < 1.29 is 0 Å². The van der Waals surface area contributed by atoms with Gasteiger partial charge in [-0.2, -0.15) is 0 Å². The number of rotatable bonds is 5. The second-order valence-electron chi connectivity index (χ2n) is 4.83. The van der Waals surface area contributed by atoms with Gasteiger partial charge in [-0.15, -0.1) is 0 Å². The Kier molecular flexibility index (Phi) is 5.54. The highest BCUT2D eigenvalue weighted by Gasteiger charge is 2.22. The summed E-state index contributed by atoms with van der Waals surface area (Å²) in [5.41, 5.74) is 0. The first-order valence-corrected chi connectivity index (χ1v) is 6.30. The van der Waals surface area contributed by atoms with E-state index in [2.05, 4.69) is 25.7 Å². The van der Waals surface area contributed by atoms with Crippen molar-refractivity contribution in [3.63, 3.8) is 0 Å². The fourth-order valence-electron chi connectivity index (χ4n) is 2.57. The van der Waals surface area contributed by atoms with Gasteiger partial charge in [0, 0.05) is 12.1 Å². The van der Waals surface area contributed by atoms with Crippen LogP contribution in [-0.4, -0.2) is 23.5 Å². The van der Waals surface area contributed by atoms with Crippen LogP contribution in [0.25, 0.3) is 0 Å². The lowest BCUT2D eigenvalue weighted by Gasteiger charge is -2.37. The second kappa shape index (κ2) is 6.44. The van der Waals surface area contributed by atoms with Gasteiger partial charge in [0.25, 0.3) is 0 Å². The molecule has 0 aromatic heterocycles. The predicted octanol–water partition coefficient (Wildman–Crippen LogP) is 3.64. The molecule has 1 nitrogen and oxygen atoms in total. The van der Waals surface area contributed by atoms with Crippen LogP contribution in [0.2, 0.25) is 0 Å². The molecule has 83 valence electrons. The summed E-state index contributed by atoms with van der Waals surface area (Å²) in [6, 6.07) is 1.58. The monoisotopic (exact) mass is 196 g/mol. The topological polar surface area (TPSA) is 3.24 Å². The highest BCUT2D eigenvalue weighted by molar-refractivity contribution is 4.78. The summed E-state index contributed by atoms with van der Waals surface area (Å²) in [4.78, 5) is 2.70. The summed E-state index contributed by atoms with van der Waals surface area (Å²) in [7, 11) is 0. The minimum atomic E-state index is 0.713. The molecule has 1 rings (SSSR count). The summed E-state index contributed by atoms with van der Waals surface area (Å²) in [6.07, 6.45) is 9.53. The molecule has 1 aliphatic rings. The molecule has 0 heterocycles. The Morgan fingerprint density at radius 1 is 1.21 bits per heavy atom. The molecule has 1 radical (unpaired) electrons. The van der Waals surface area contributed by atoms with Gasteiger partial charge in [0.1, 0.15) is 0 Å². The van der Waals surface area contributed by atoms with E-state index in [9.17, 15) is 0 Å². The van der Waals surface area contributed by atoms with Crippen molar-refractivity contribution in [2.45, 2.75) is 70.9 Å². The Balaban J connectivity index is 2.39. The molecule has 0 N–H and O–H groups in total. The third-order valence-corrected chi connectivity index (χ3v) is 3.37. The summed E-state index contributed by atoms with van der Waals surface area (Å²) in [5, 5.41) is 0. The maximum absolute atomic E-state index is 3.94. The van der Waals surface area contributed by atoms with E-state index >= 15 is 0 Å². The standard InChI is InChI=1S/C13H26N/c1-4-5-11-14(12(2)3)13-9-7-6-8-10-13/h12-13H,1,4-11H2,2-3H3. The van der Waals surface area contributed by atoms with Crippen molar-refractivity contribution in [2.75, 3.05) is 6.54 Å². The summed E-state index contributed by atoms with van der Waals surface area (Å²) in [6.45, 7) is 9.85. The van der Waals surface area contributed by atoms with Crippen LogP contribution in [0, 0.1) is 6.92 Å². The molecule has 0 spiro atoms. The van der Waals surface area contributed by atoms with Gasteiger partial charge >= 0.3 is 0 Å². The Hall–Kier alpha value is -0.0400. The largest absolute Gasteiger partial charge is 0.298 e. The number of hydrogen-bond donors (Lipinski definition) is 0. The van der Waals surface area contributed by atoms with E-state index in [1.807, 2.05) is 0 Å². The summed E-state index contributed by atoms with van der Waals surface area (Å²) < 4.78 is 0. The van der Waals surface area contributed by atoms with Gasteiger partial charge in [0.2, 0.25) is 0 Å². The number of hydrogen-bond acceptors (Lipinski definition) is 1. The zero-order valence-electron chi connectivity index (χ0n) is 9.97. The second-order valence-corrected chi connectivity index (χ2v) is 4.83. The van der Waals surface area contributed by atoms with E-state index in [1.54, 1.807) is 0 Å². The lowest BCUT2D eigenvalue weighted by atomic mass is 9.93. The smallest absolute Gasteiger partial charge is 0.00979 e. The average molecular weight is 196 g/mol. The van der Waals surface area contributed by atoms with Crippen molar-refractivity contribution >= 4 is 0 Å². The zero-order chi connectivity index (χ0) is 10.4. The van der Waals surface area contributed by atoms with Crippen molar-refractivity contribution in [1.29, 1.82) is 0 Å². The molecule has 0 amide bonds. The Morgan fingerprint density at radius 3 is 2.36 bits per heavy atom. The summed E-state index contributed by atoms with van der Waals surface area (Å²) in [5.74, 6) is 0. The molecule has 0 aromatic rings. The van der Waals surface area contributed by atoms with Crippen LogP contribution in [0.4, 0.5) is 0 Å². The van der Waals surface area contributed by atoms with Gasteiger partial charge in [-0.3, -0.25) is 4.90 Å². The normalized spacial score (nSPS) is 19.5. The highest BCUT2D eigenvalue weighted by Crippen LogP contribution is 2.24. The third kappa shape index (κ3) is 3.61. The van der Waals surface area contributed by atoms with Crippen LogP contribution in [0.15, 0.2) is 0 Å². The van der Waals surface area contributed by atoms with Crippen molar-refractivity contribution in [3.05, 3.63) is 6.92 Å². The molecule has 14 heavy (non-hydrogen) atoms. The van der Waals surface area contributed by atoms with Gasteiger partial charge in [-0.1, -0.05) is 32.6 Å². The SMILES string of the molecule is [CH2]CCCN(C(C)C)C1CCCCC1. The molecule has 0 aromatic carbocycles. The third-order valence-electron chi connectivity index (χ3n) is 3.37. The Morgan fingerprint density at radius 2 is 1.86 bits per heavy atom. The molecule has 1 aliphatic carbocycles. The van der Waals surface area contributed by atoms with Crippen molar-refractivity contribution in [2.24, 2.45) is 0 Å². The van der Waals surface area contributed by atoms with Crippen LogP contribution in [0.1, 0.15) is 58.8 Å². The molecule has 1 fully saturated rings. The first-order chi connectivity index (χ1) is 6.75. The Labute approximate surface area is 89.9 Å². The molecule has 1 saturated carbocycles. The first-order valence-electron chi connectivity index (χ1n) is 6.30. The maximum Gasteiger partial charge on any atom is 0.00979 e. The van der Waals surface area contributed by atoms with Gasteiger partial charge in [-0.25, -0.2) is 0 Å². The van der Waals surface area contributed by atoms with E-state index < -0.39 is 0 Å². The van der Waals surface area contributed by atoms with Crippen LogP contribution in [0.5, 0.6) is 0 Å². The van der Waals surface area contributed by atoms with Gasteiger partial charge in [0.05, 0.1) is 0 Å². The van der Waals surface area contributed by atoms with Crippen molar-refractivity contribution in [1.82, 2.24) is 4.90 Å². The lowest BCUT2D eigenvalue weighted by Crippen LogP contribution is -2.42. The summed E-state index contributed by atoms with van der Waals surface area (Å²) >= 11 is 0. The van der Waals surface area contributed by atoms with Gasteiger partial charge in [0.15, 0.2) is 0 Å². The van der Waals surface area contributed by atoms with E-state index in [-0.39, 0.29) is 0 Å². The van der Waals surface area contributed by atoms with Crippen LogP contribution in [-0.2, 0) is 0 Å². The first kappa shape index (κ1) is 12.0. The number of unbranched alkanes of at least 4 members (excludes halogenated alkanes) is 1. The van der Waals surface area contributed by atoms with E-state index in [0.717, 1.165) is 12.5 Å². The number of nitrogens with zero attached hydrogens (tertiary/aromatic N) is 1. The molecule has 0 atom stereocenters. The molecule has 0 unspecified atom stereocenters. The van der Waals surface area contributed by atoms with Crippen LogP contribution >= 0.6 is 0 Å². The van der Waals surface area contributed by atoms with Crippen LogP contribution < -0.4 is 0 Å². The fourth-order valence-corrected chi connectivity index (χ4v) is 2.57. The molecule has 0 saturated heterocycles.